The lowest BCUT2D eigenvalue weighted by atomic mass is 10.1. The van der Waals surface area contributed by atoms with Crippen LogP contribution in [0, 0.1) is 20.8 Å². The zero-order chi connectivity index (χ0) is 22.3. The van der Waals surface area contributed by atoms with Crippen molar-refractivity contribution in [2.45, 2.75) is 59.2 Å². The second-order valence-electron chi connectivity index (χ2n) is 8.54. The molecule has 3 amide bonds. The second-order valence-corrected chi connectivity index (χ2v) is 8.54. The number of aromatic nitrogens is 1. The first-order chi connectivity index (χ1) is 14.8. The van der Waals surface area contributed by atoms with E-state index in [1.54, 1.807) is 6.92 Å². The molecule has 2 saturated heterocycles. The van der Waals surface area contributed by atoms with E-state index in [0.29, 0.717) is 17.8 Å². The molecule has 3 heterocycles. The largest absolute Gasteiger partial charge is 0.376 e. The van der Waals surface area contributed by atoms with E-state index in [2.05, 4.69) is 4.57 Å². The Labute approximate surface area is 182 Å². The van der Waals surface area contributed by atoms with Gasteiger partial charge in [0.1, 0.15) is 6.04 Å². The minimum atomic E-state index is -0.644. The normalized spacial score (nSPS) is 21.4. The molecule has 0 radical (unpaired) electrons. The summed E-state index contributed by atoms with van der Waals surface area (Å²) in [5.41, 5.74) is 4.10. The standard InChI is InChI=1S/C24H29N3O4/c1-15-7-9-19(10-8-15)27-18(4)23(29)26(24(27)30)14-22(28)21-12-16(2)25(17(21)3)13-20-6-5-11-31-20/h7-10,12,18,20H,5-6,11,13-14H2,1-4H3/t18-,20+/m0/s1. The zero-order valence-electron chi connectivity index (χ0n) is 18.6. The van der Waals surface area contributed by atoms with Gasteiger partial charge in [-0.15, -0.1) is 0 Å². The van der Waals surface area contributed by atoms with Gasteiger partial charge in [0.15, 0.2) is 5.78 Å². The topological polar surface area (TPSA) is 71.8 Å². The van der Waals surface area contributed by atoms with Crippen LogP contribution in [0.2, 0.25) is 0 Å². The van der Waals surface area contributed by atoms with E-state index in [0.717, 1.165) is 41.3 Å². The molecule has 0 N–H and O–H groups in total. The van der Waals surface area contributed by atoms with Crippen molar-refractivity contribution in [1.82, 2.24) is 9.47 Å². The smallest absolute Gasteiger partial charge is 0.332 e. The summed E-state index contributed by atoms with van der Waals surface area (Å²) in [6.07, 6.45) is 2.24. The lowest BCUT2D eigenvalue weighted by molar-refractivity contribution is -0.126. The molecule has 1 aromatic carbocycles. The van der Waals surface area contributed by atoms with Gasteiger partial charge in [-0.2, -0.15) is 0 Å². The minimum absolute atomic E-state index is 0.165. The van der Waals surface area contributed by atoms with Crippen LogP contribution in [0.5, 0.6) is 0 Å². The molecule has 0 spiro atoms. The van der Waals surface area contributed by atoms with Gasteiger partial charge >= 0.3 is 6.03 Å². The molecular formula is C24H29N3O4. The van der Waals surface area contributed by atoms with Gasteiger partial charge in [0.2, 0.25) is 0 Å². The van der Waals surface area contributed by atoms with E-state index in [9.17, 15) is 14.4 Å². The van der Waals surface area contributed by atoms with Gasteiger partial charge in [-0.05, 0) is 58.7 Å². The molecule has 2 atom stereocenters. The predicted octanol–water partition coefficient (Wildman–Crippen LogP) is 3.63. The zero-order valence-corrected chi connectivity index (χ0v) is 18.6. The Morgan fingerprint density at radius 3 is 2.48 bits per heavy atom. The Hall–Kier alpha value is -2.93. The highest BCUT2D eigenvalue weighted by Crippen LogP contribution is 2.27. The molecule has 2 fully saturated rings. The number of carbonyl (C=O) groups excluding carboxylic acids is 3. The first kappa shape index (κ1) is 21.3. The Kier molecular flexibility index (Phi) is 5.71. The molecule has 31 heavy (non-hydrogen) atoms. The number of aryl methyl sites for hydroxylation is 2. The highest BCUT2D eigenvalue weighted by atomic mass is 16.5. The first-order valence-electron chi connectivity index (χ1n) is 10.8. The SMILES string of the molecule is Cc1ccc(N2C(=O)N(CC(=O)c3cc(C)n(C[C@H]4CCCO4)c3C)C(=O)[C@@H]2C)cc1. The molecule has 1 aromatic heterocycles. The van der Waals surface area contributed by atoms with Gasteiger partial charge in [-0.3, -0.25) is 19.4 Å². The molecule has 4 rings (SSSR count). The van der Waals surface area contributed by atoms with Gasteiger partial charge in [0.25, 0.3) is 5.91 Å². The molecule has 0 bridgehead atoms. The van der Waals surface area contributed by atoms with Crippen molar-refractivity contribution in [3.8, 4) is 0 Å². The predicted molar refractivity (Wildman–Crippen MR) is 117 cm³/mol. The molecule has 7 nitrogen and oxygen atoms in total. The summed E-state index contributed by atoms with van der Waals surface area (Å²) in [7, 11) is 0. The number of rotatable bonds is 6. The van der Waals surface area contributed by atoms with E-state index in [-0.39, 0.29) is 24.3 Å². The van der Waals surface area contributed by atoms with Crippen molar-refractivity contribution < 1.29 is 19.1 Å². The number of carbonyl (C=O) groups is 3. The number of amides is 3. The molecule has 164 valence electrons. The number of urea groups is 1. The Balaban J connectivity index is 1.52. The first-order valence-corrected chi connectivity index (χ1v) is 10.8. The Morgan fingerprint density at radius 1 is 1.13 bits per heavy atom. The van der Waals surface area contributed by atoms with Gasteiger partial charge in [0, 0.05) is 35.8 Å². The lowest BCUT2D eigenvalue weighted by Gasteiger charge is -2.19. The number of Topliss-reactive ketones (excluding diaryl/α,β-unsaturated/α-hetero) is 1. The number of benzene rings is 1. The van der Waals surface area contributed by atoms with Gasteiger partial charge in [-0.25, -0.2) is 4.79 Å². The quantitative estimate of drug-likeness (QED) is 0.525. The van der Waals surface area contributed by atoms with Crippen LogP contribution in [0.15, 0.2) is 30.3 Å². The van der Waals surface area contributed by atoms with Crippen LogP contribution in [0.4, 0.5) is 10.5 Å². The van der Waals surface area contributed by atoms with Crippen LogP contribution in [0.3, 0.4) is 0 Å². The summed E-state index contributed by atoms with van der Waals surface area (Å²) in [4.78, 5) is 41.5. The molecule has 2 aliphatic heterocycles. The number of hydrogen-bond acceptors (Lipinski definition) is 4. The van der Waals surface area contributed by atoms with Crippen LogP contribution in [0.1, 0.15) is 47.1 Å². The van der Waals surface area contributed by atoms with Crippen molar-refractivity contribution in [3.05, 3.63) is 52.8 Å². The van der Waals surface area contributed by atoms with Crippen molar-refractivity contribution in [2.24, 2.45) is 0 Å². The maximum absolute atomic E-state index is 13.1. The third kappa shape index (κ3) is 3.90. The molecule has 2 aromatic rings. The highest BCUT2D eigenvalue weighted by Gasteiger charge is 2.44. The summed E-state index contributed by atoms with van der Waals surface area (Å²) < 4.78 is 7.83. The summed E-state index contributed by atoms with van der Waals surface area (Å²) in [5, 5.41) is 0. The molecule has 0 aliphatic carbocycles. The van der Waals surface area contributed by atoms with Gasteiger partial charge < -0.3 is 9.30 Å². The number of ether oxygens (including phenoxy) is 1. The fourth-order valence-electron chi connectivity index (χ4n) is 4.50. The third-order valence-corrected chi connectivity index (χ3v) is 6.35. The summed E-state index contributed by atoms with van der Waals surface area (Å²) in [6.45, 7) is 8.77. The Bertz CT molecular complexity index is 1020. The van der Waals surface area contributed by atoms with Crippen molar-refractivity contribution in [3.63, 3.8) is 0 Å². The maximum atomic E-state index is 13.1. The van der Waals surface area contributed by atoms with Gasteiger partial charge in [-0.1, -0.05) is 17.7 Å². The number of nitrogens with zero attached hydrogens (tertiary/aromatic N) is 3. The van der Waals surface area contributed by atoms with Crippen molar-refractivity contribution >= 4 is 23.4 Å². The maximum Gasteiger partial charge on any atom is 0.332 e. The second kappa shape index (κ2) is 8.30. The molecule has 0 saturated carbocycles. The van der Waals surface area contributed by atoms with E-state index < -0.39 is 12.1 Å². The van der Waals surface area contributed by atoms with Gasteiger partial charge in [0.05, 0.1) is 12.6 Å². The summed E-state index contributed by atoms with van der Waals surface area (Å²) in [5.74, 6) is -0.585. The number of hydrogen-bond donors (Lipinski definition) is 0. The Morgan fingerprint density at radius 2 is 1.84 bits per heavy atom. The molecular weight excluding hydrogens is 394 g/mol. The average molecular weight is 424 g/mol. The number of imide groups is 1. The minimum Gasteiger partial charge on any atom is -0.376 e. The number of anilines is 1. The van der Waals surface area contributed by atoms with E-state index in [4.69, 9.17) is 4.74 Å². The van der Waals surface area contributed by atoms with Crippen LogP contribution in [-0.2, 0) is 16.1 Å². The van der Waals surface area contributed by atoms with Crippen LogP contribution < -0.4 is 4.90 Å². The van der Waals surface area contributed by atoms with Crippen LogP contribution in [0.25, 0.3) is 0 Å². The third-order valence-electron chi connectivity index (χ3n) is 6.35. The molecule has 0 unspecified atom stereocenters. The summed E-state index contributed by atoms with van der Waals surface area (Å²) >= 11 is 0. The van der Waals surface area contributed by atoms with Crippen molar-refractivity contribution in [1.29, 1.82) is 0 Å². The number of ketones is 1. The monoisotopic (exact) mass is 423 g/mol. The van der Waals surface area contributed by atoms with Crippen LogP contribution >= 0.6 is 0 Å². The fourth-order valence-corrected chi connectivity index (χ4v) is 4.50. The van der Waals surface area contributed by atoms with E-state index in [1.165, 1.54) is 4.90 Å². The van der Waals surface area contributed by atoms with Crippen molar-refractivity contribution in [2.75, 3.05) is 18.1 Å². The summed E-state index contributed by atoms with van der Waals surface area (Å²) in [6, 6.07) is 8.19. The van der Waals surface area contributed by atoms with E-state index in [1.807, 2.05) is 51.1 Å². The fraction of sp³-hybridized carbons (Fsp3) is 0.458. The lowest BCUT2D eigenvalue weighted by Crippen LogP contribution is -2.37. The van der Waals surface area contributed by atoms with Crippen LogP contribution in [-0.4, -0.2) is 52.5 Å². The highest BCUT2D eigenvalue weighted by molar-refractivity contribution is 6.16. The van der Waals surface area contributed by atoms with E-state index >= 15 is 0 Å². The molecule has 7 heteroatoms. The average Bonchev–Trinajstić information content (AvgIpc) is 3.41. The molecule has 2 aliphatic rings.